The highest BCUT2D eigenvalue weighted by Crippen LogP contribution is 2.18. The maximum atomic E-state index is 12.9. The maximum Gasteiger partial charge on any atom is 0.305 e. The zero-order chi connectivity index (χ0) is 12.1. The fourth-order valence-corrected chi connectivity index (χ4v) is 1.07. The first-order chi connectivity index (χ1) is 7.56. The highest BCUT2D eigenvalue weighted by atomic mass is 19.1. The number of nitrogens with zero attached hydrogens (tertiary/aromatic N) is 1. The normalized spacial score (nSPS) is 9.88. The van der Waals surface area contributed by atoms with Gasteiger partial charge in [0.1, 0.15) is 0 Å². The molecule has 1 rings (SSSR count). The summed E-state index contributed by atoms with van der Waals surface area (Å²) in [6.07, 6.45) is 0. The van der Waals surface area contributed by atoms with Gasteiger partial charge in [0.25, 0.3) is 5.91 Å². The minimum Gasteiger partial charge on any atom is -0.395 e. The number of nitrogens with one attached hydrogen (secondary N) is 1. The van der Waals surface area contributed by atoms with Gasteiger partial charge in [-0.1, -0.05) is 0 Å². The van der Waals surface area contributed by atoms with E-state index in [2.05, 4.69) is 5.32 Å². The lowest BCUT2D eigenvalue weighted by atomic mass is 10.2. The Balaban J connectivity index is 2.94. The smallest absolute Gasteiger partial charge is 0.305 e. The minimum atomic E-state index is -0.997. The van der Waals surface area contributed by atoms with E-state index in [1.165, 1.54) is 0 Å². The number of aliphatic hydroxyl groups excluding tert-OH is 1. The van der Waals surface area contributed by atoms with Crippen molar-refractivity contribution in [2.24, 2.45) is 0 Å². The van der Waals surface area contributed by atoms with Crippen LogP contribution in [-0.4, -0.2) is 29.1 Å². The van der Waals surface area contributed by atoms with Gasteiger partial charge in [-0.3, -0.25) is 14.9 Å². The van der Waals surface area contributed by atoms with Gasteiger partial charge in [-0.2, -0.15) is 4.39 Å². The van der Waals surface area contributed by atoms with Gasteiger partial charge >= 0.3 is 5.69 Å². The number of halogens is 1. The lowest BCUT2D eigenvalue weighted by Crippen LogP contribution is -2.26. The van der Waals surface area contributed by atoms with Crippen molar-refractivity contribution < 1.29 is 19.2 Å². The number of benzene rings is 1. The summed E-state index contributed by atoms with van der Waals surface area (Å²) in [6, 6.07) is 2.84. The van der Waals surface area contributed by atoms with Gasteiger partial charge in [0.05, 0.1) is 11.5 Å². The molecule has 6 nitrogen and oxygen atoms in total. The van der Waals surface area contributed by atoms with Crippen LogP contribution in [0.5, 0.6) is 0 Å². The fourth-order valence-electron chi connectivity index (χ4n) is 1.07. The van der Waals surface area contributed by atoms with Crippen molar-refractivity contribution in [2.75, 3.05) is 13.2 Å². The highest BCUT2D eigenvalue weighted by Gasteiger charge is 2.16. The lowest BCUT2D eigenvalue weighted by molar-refractivity contribution is -0.387. The Labute approximate surface area is 89.9 Å². The molecule has 0 unspecified atom stereocenters. The van der Waals surface area contributed by atoms with Gasteiger partial charge in [-0.15, -0.1) is 0 Å². The number of hydrogen-bond acceptors (Lipinski definition) is 4. The Hall–Kier alpha value is -2.02. The summed E-state index contributed by atoms with van der Waals surface area (Å²) in [7, 11) is 0. The molecule has 1 aromatic carbocycles. The molecule has 86 valence electrons. The molecule has 0 heterocycles. The Morgan fingerprint density at radius 1 is 1.56 bits per heavy atom. The molecule has 1 amide bonds. The summed E-state index contributed by atoms with van der Waals surface area (Å²) in [4.78, 5) is 20.8. The summed E-state index contributed by atoms with van der Waals surface area (Å²) in [5, 5.41) is 21.2. The van der Waals surface area contributed by atoms with Crippen molar-refractivity contribution >= 4 is 11.6 Å². The van der Waals surface area contributed by atoms with E-state index in [0.717, 1.165) is 18.2 Å². The monoisotopic (exact) mass is 228 g/mol. The number of nitro benzene ring substituents is 1. The molecular weight excluding hydrogens is 219 g/mol. The standard InChI is InChI=1S/C9H9FN2O4/c10-7-2-1-6(5-8(7)12(15)16)9(14)11-3-4-13/h1-2,5,13H,3-4H2,(H,11,14). The van der Waals surface area contributed by atoms with Crippen molar-refractivity contribution in [1.82, 2.24) is 5.32 Å². The molecular formula is C9H9FN2O4. The van der Waals surface area contributed by atoms with Crippen LogP contribution < -0.4 is 5.32 Å². The summed E-state index contributed by atoms with van der Waals surface area (Å²) in [5.41, 5.74) is -0.779. The number of hydrogen-bond donors (Lipinski definition) is 2. The van der Waals surface area contributed by atoms with Crippen LogP contribution in [0.15, 0.2) is 18.2 Å². The van der Waals surface area contributed by atoms with Crippen molar-refractivity contribution in [3.8, 4) is 0 Å². The van der Waals surface area contributed by atoms with E-state index in [-0.39, 0.29) is 18.7 Å². The number of nitro groups is 1. The minimum absolute atomic E-state index is 0.0263. The molecule has 0 radical (unpaired) electrons. The van der Waals surface area contributed by atoms with E-state index in [4.69, 9.17) is 5.11 Å². The van der Waals surface area contributed by atoms with Crippen LogP contribution >= 0.6 is 0 Å². The Morgan fingerprint density at radius 3 is 2.81 bits per heavy atom. The average Bonchev–Trinajstić information content (AvgIpc) is 2.26. The number of amides is 1. The lowest BCUT2D eigenvalue weighted by Gasteiger charge is -2.03. The second-order valence-corrected chi connectivity index (χ2v) is 2.90. The third kappa shape index (κ3) is 2.74. The third-order valence-corrected chi connectivity index (χ3v) is 1.80. The first kappa shape index (κ1) is 12.1. The summed E-state index contributed by atoms with van der Waals surface area (Å²) in [6.45, 7) is -0.209. The van der Waals surface area contributed by atoms with Crippen LogP contribution in [0.1, 0.15) is 10.4 Å². The van der Waals surface area contributed by atoms with Gasteiger partial charge in [0.2, 0.25) is 5.82 Å². The first-order valence-corrected chi connectivity index (χ1v) is 4.39. The molecule has 16 heavy (non-hydrogen) atoms. The second-order valence-electron chi connectivity index (χ2n) is 2.90. The SMILES string of the molecule is O=C(NCCO)c1ccc(F)c([N+](=O)[O-])c1. The van der Waals surface area contributed by atoms with Gasteiger partial charge in [0, 0.05) is 18.2 Å². The largest absolute Gasteiger partial charge is 0.395 e. The predicted molar refractivity (Wildman–Crippen MR) is 52.5 cm³/mol. The molecule has 0 aliphatic rings. The molecule has 0 fully saturated rings. The molecule has 0 spiro atoms. The van der Waals surface area contributed by atoms with Crippen molar-refractivity contribution in [2.45, 2.75) is 0 Å². The van der Waals surface area contributed by atoms with E-state index in [1.54, 1.807) is 0 Å². The van der Waals surface area contributed by atoms with E-state index in [0.29, 0.717) is 0 Å². The summed E-state index contributed by atoms with van der Waals surface area (Å²) < 4.78 is 12.9. The van der Waals surface area contributed by atoms with Crippen LogP contribution in [0.4, 0.5) is 10.1 Å². The van der Waals surface area contributed by atoms with Gasteiger partial charge in [-0.25, -0.2) is 0 Å². The van der Waals surface area contributed by atoms with Gasteiger partial charge in [-0.05, 0) is 12.1 Å². The molecule has 0 aliphatic carbocycles. The van der Waals surface area contributed by atoms with Crippen LogP contribution in [0.25, 0.3) is 0 Å². The first-order valence-electron chi connectivity index (χ1n) is 4.39. The second kappa shape index (κ2) is 5.17. The third-order valence-electron chi connectivity index (χ3n) is 1.80. The van der Waals surface area contributed by atoms with E-state index in [9.17, 15) is 19.3 Å². The molecule has 1 aromatic rings. The van der Waals surface area contributed by atoms with E-state index < -0.39 is 22.3 Å². The Morgan fingerprint density at radius 2 is 2.25 bits per heavy atom. The fraction of sp³-hybridized carbons (Fsp3) is 0.222. The van der Waals surface area contributed by atoms with Crippen LogP contribution in [0.2, 0.25) is 0 Å². The van der Waals surface area contributed by atoms with Crippen LogP contribution in [0, 0.1) is 15.9 Å². The topological polar surface area (TPSA) is 92.5 Å². The van der Waals surface area contributed by atoms with Crippen molar-refractivity contribution in [1.29, 1.82) is 0 Å². The highest BCUT2D eigenvalue weighted by molar-refractivity contribution is 5.94. The number of aliphatic hydroxyl groups is 1. The molecule has 0 bridgehead atoms. The van der Waals surface area contributed by atoms with E-state index in [1.807, 2.05) is 0 Å². The summed E-state index contributed by atoms with van der Waals surface area (Å²) in [5.74, 6) is -1.60. The molecule has 2 N–H and O–H groups in total. The molecule has 0 aromatic heterocycles. The molecule has 0 saturated heterocycles. The average molecular weight is 228 g/mol. The van der Waals surface area contributed by atoms with Gasteiger partial charge < -0.3 is 10.4 Å². The predicted octanol–water partition coefficient (Wildman–Crippen LogP) is 0.456. The van der Waals surface area contributed by atoms with Crippen LogP contribution in [0.3, 0.4) is 0 Å². The van der Waals surface area contributed by atoms with Crippen molar-refractivity contribution in [3.05, 3.63) is 39.7 Å². The van der Waals surface area contributed by atoms with Crippen LogP contribution in [-0.2, 0) is 0 Å². The number of carbonyl (C=O) groups is 1. The maximum absolute atomic E-state index is 12.9. The Bertz CT molecular complexity index is 422. The number of carbonyl (C=O) groups excluding carboxylic acids is 1. The zero-order valence-corrected chi connectivity index (χ0v) is 8.14. The molecule has 0 atom stereocenters. The quantitative estimate of drug-likeness (QED) is 0.578. The van der Waals surface area contributed by atoms with Gasteiger partial charge in [0.15, 0.2) is 0 Å². The summed E-state index contributed by atoms with van der Waals surface area (Å²) >= 11 is 0. The molecule has 0 aliphatic heterocycles. The number of rotatable bonds is 4. The van der Waals surface area contributed by atoms with E-state index >= 15 is 0 Å². The molecule has 7 heteroatoms. The molecule has 0 saturated carbocycles. The zero-order valence-electron chi connectivity index (χ0n) is 8.14. The van der Waals surface area contributed by atoms with Crippen molar-refractivity contribution in [3.63, 3.8) is 0 Å². The Kier molecular flexibility index (Phi) is 3.90.